The van der Waals surface area contributed by atoms with Crippen molar-refractivity contribution in [3.05, 3.63) is 54.6 Å². The minimum Gasteiger partial charge on any atom is -0.478 e. The lowest BCUT2D eigenvalue weighted by molar-refractivity contribution is -0.144. The maximum absolute atomic E-state index is 12.4. The molecule has 0 bridgehead atoms. The summed E-state index contributed by atoms with van der Waals surface area (Å²) in [5.74, 6) is -0.401. The molecule has 6 nitrogen and oxygen atoms in total. The Balaban J connectivity index is 1.88. The van der Waals surface area contributed by atoms with Gasteiger partial charge in [-0.25, -0.2) is 9.59 Å². The van der Waals surface area contributed by atoms with Crippen molar-refractivity contribution in [2.75, 3.05) is 11.4 Å². The standard InChI is InChI=1S/C16H13NO5/c18-15(19)14-10-17(12-8-4-5-9-13(12)22-14)16(20)21-11-6-2-1-3-7-11/h1-9,14H,10H2,(H,18,19). The van der Waals surface area contributed by atoms with Gasteiger partial charge in [0.2, 0.25) is 6.10 Å². The molecule has 112 valence electrons. The highest BCUT2D eigenvalue weighted by atomic mass is 16.6. The number of carbonyl (C=O) groups excluding carboxylic acids is 1. The van der Waals surface area contributed by atoms with E-state index in [9.17, 15) is 9.59 Å². The fourth-order valence-corrected chi connectivity index (χ4v) is 2.18. The Morgan fingerprint density at radius 2 is 1.77 bits per heavy atom. The minimum atomic E-state index is -1.13. The van der Waals surface area contributed by atoms with Crippen LogP contribution in [0.1, 0.15) is 0 Å². The first-order valence-corrected chi connectivity index (χ1v) is 6.68. The summed E-state index contributed by atoms with van der Waals surface area (Å²) in [6.45, 7) is -0.113. The van der Waals surface area contributed by atoms with E-state index >= 15 is 0 Å². The minimum absolute atomic E-state index is 0.113. The zero-order valence-corrected chi connectivity index (χ0v) is 11.5. The van der Waals surface area contributed by atoms with E-state index in [1.807, 2.05) is 6.07 Å². The van der Waals surface area contributed by atoms with Gasteiger partial charge in [-0.3, -0.25) is 4.90 Å². The fraction of sp³-hybridized carbons (Fsp3) is 0.125. The van der Waals surface area contributed by atoms with Crippen molar-refractivity contribution in [2.45, 2.75) is 6.10 Å². The summed E-state index contributed by atoms with van der Waals surface area (Å²) in [4.78, 5) is 24.8. The first kappa shape index (κ1) is 13.9. The summed E-state index contributed by atoms with van der Waals surface area (Å²) in [6, 6.07) is 15.4. The Morgan fingerprint density at radius 3 is 2.50 bits per heavy atom. The molecular weight excluding hydrogens is 286 g/mol. The smallest absolute Gasteiger partial charge is 0.420 e. The third-order valence-corrected chi connectivity index (χ3v) is 3.22. The molecule has 0 fully saturated rings. The molecule has 1 unspecified atom stereocenters. The van der Waals surface area contributed by atoms with E-state index in [-0.39, 0.29) is 6.54 Å². The van der Waals surface area contributed by atoms with Crippen LogP contribution in [0.3, 0.4) is 0 Å². The van der Waals surface area contributed by atoms with Crippen LogP contribution in [0.5, 0.6) is 11.5 Å². The molecule has 1 atom stereocenters. The van der Waals surface area contributed by atoms with Gasteiger partial charge in [0.15, 0.2) is 0 Å². The van der Waals surface area contributed by atoms with Crippen LogP contribution in [0.2, 0.25) is 0 Å². The van der Waals surface area contributed by atoms with Gasteiger partial charge in [0.25, 0.3) is 0 Å². The van der Waals surface area contributed by atoms with E-state index in [2.05, 4.69) is 0 Å². The van der Waals surface area contributed by atoms with Gasteiger partial charge in [-0.05, 0) is 24.3 Å². The van der Waals surface area contributed by atoms with E-state index in [4.69, 9.17) is 14.6 Å². The van der Waals surface area contributed by atoms with E-state index in [0.29, 0.717) is 17.2 Å². The van der Waals surface area contributed by atoms with Gasteiger partial charge in [-0.2, -0.15) is 0 Å². The molecule has 2 aromatic rings. The number of carbonyl (C=O) groups is 2. The van der Waals surface area contributed by atoms with Gasteiger partial charge >= 0.3 is 12.1 Å². The molecule has 22 heavy (non-hydrogen) atoms. The van der Waals surface area contributed by atoms with Crippen LogP contribution in [0.15, 0.2) is 54.6 Å². The molecule has 0 saturated carbocycles. The lowest BCUT2D eigenvalue weighted by atomic mass is 10.2. The maximum atomic E-state index is 12.4. The largest absolute Gasteiger partial charge is 0.478 e. The summed E-state index contributed by atoms with van der Waals surface area (Å²) in [5, 5.41) is 9.15. The van der Waals surface area contributed by atoms with E-state index in [1.165, 1.54) is 4.90 Å². The summed E-state index contributed by atoms with van der Waals surface area (Å²) >= 11 is 0. The van der Waals surface area contributed by atoms with Gasteiger partial charge in [0.1, 0.15) is 11.5 Å². The number of para-hydroxylation sites is 3. The van der Waals surface area contributed by atoms with Gasteiger partial charge in [-0.15, -0.1) is 0 Å². The highest BCUT2D eigenvalue weighted by Crippen LogP contribution is 2.33. The third kappa shape index (κ3) is 2.71. The number of aliphatic carboxylic acids is 1. The molecule has 1 amide bonds. The van der Waals surface area contributed by atoms with Crippen LogP contribution in [0, 0.1) is 0 Å². The van der Waals surface area contributed by atoms with Crippen molar-refractivity contribution < 1.29 is 24.2 Å². The molecule has 1 aliphatic heterocycles. The van der Waals surface area contributed by atoms with Crippen molar-refractivity contribution >= 4 is 17.7 Å². The molecule has 0 aliphatic carbocycles. The number of hydrogen-bond acceptors (Lipinski definition) is 4. The highest BCUT2D eigenvalue weighted by molar-refractivity contribution is 5.93. The summed E-state index contributed by atoms with van der Waals surface area (Å²) in [5.41, 5.74) is 0.487. The number of anilines is 1. The number of fused-ring (bicyclic) bond motifs is 1. The van der Waals surface area contributed by atoms with Crippen LogP contribution in [-0.4, -0.2) is 29.8 Å². The van der Waals surface area contributed by atoms with Crippen molar-refractivity contribution in [2.24, 2.45) is 0 Å². The van der Waals surface area contributed by atoms with Crippen molar-refractivity contribution in [1.29, 1.82) is 0 Å². The lowest BCUT2D eigenvalue weighted by Crippen LogP contribution is -2.48. The maximum Gasteiger partial charge on any atom is 0.420 e. The van der Waals surface area contributed by atoms with Gasteiger partial charge in [0.05, 0.1) is 12.2 Å². The molecule has 2 aromatic carbocycles. The second kappa shape index (κ2) is 5.77. The summed E-state index contributed by atoms with van der Waals surface area (Å²) in [6.07, 6.45) is -1.77. The molecule has 3 rings (SSSR count). The number of hydrogen-bond donors (Lipinski definition) is 1. The van der Waals surface area contributed by atoms with E-state index < -0.39 is 18.2 Å². The van der Waals surface area contributed by atoms with E-state index in [0.717, 1.165) is 0 Å². The topological polar surface area (TPSA) is 76.1 Å². The number of carboxylic acids is 1. The number of benzene rings is 2. The Kier molecular flexibility index (Phi) is 3.65. The average Bonchev–Trinajstić information content (AvgIpc) is 2.54. The third-order valence-electron chi connectivity index (χ3n) is 3.22. The first-order chi connectivity index (χ1) is 10.6. The molecule has 1 heterocycles. The second-order valence-electron chi connectivity index (χ2n) is 4.70. The van der Waals surface area contributed by atoms with Gasteiger partial charge in [0, 0.05) is 0 Å². The van der Waals surface area contributed by atoms with Crippen LogP contribution in [0.25, 0.3) is 0 Å². The fourth-order valence-electron chi connectivity index (χ4n) is 2.18. The predicted octanol–water partition coefficient (Wildman–Crippen LogP) is 2.54. The van der Waals surface area contributed by atoms with E-state index in [1.54, 1.807) is 48.5 Å². The molecular formula is C16H13NO5. The normalized spacial score (nSPS) is 16.4. The number of carboxylic acid groups (broad SMARTS) is 1. The van der Waals surface area contributed by atoms with Crippen LogP contribution in [0.4, 0.5) is 10.5 Å². The SMILES string of the molecule is O=C(O)C1CN(C(=O)Oc2ccccc2)c2ccccc2O1. The average molecular weight is 299 g/mol. The zero-order chi connectivity index (χ0) is 15.5. The molecule has 6 heteroatoms. The van der Waals surface area contributed by atoms with Gasteiger partial charge < -0.3 is 14.6 Å². The predicted molar refractivity (Wildman–Crippen MR) is 78.3 cm³/mol. The Bertz CT molecular complexity index is 701. The summed E-state index contributed by atoms with van der Waals surface area (Å²) in [7, 11) is 0. The number of amides is 1. The highest BCUT2D eigenvalue weighted by Gasteiger charge is 2.34. The monoisotopic (exact) mass is 299 g/mol. The zero-order valence-electron chi connectivity index (χ0n) is 11.5. The van der Waals surface area contributed by atoms with Gasteiger partial charge in [-0.1, -0.05) is 30.3 Å². The van der Waals surface area contributed by atoms with Crippen molar-refractivity contribution in [1.82, 2.24) is 0 Å². The first-order valence-electron chi connectivity index (χ1n) is 6.68. The Hall–Kier alpha value is -3.02. The number of ether oxygens (including phenoxy) is 2. The second-order valence-corrected chi connectivity index (χ2v) is 4.70. The molecule has 0 aromatic heterocycles. The Labute approximate surface area is 126 Å². The molecule has 1 aliphatic rings. The van der Waals surface area contributed by atoms with Crippen molar-refractivity contribution in [3.8, 4) is 11.5 Å². The molecule has 0 radical (unpaired) electrons. The summed E-state index contributed by atoms with van der Waals surface area (Å²) < 4.78 is 10.7. The number of rotatable bonds is 2. The Morgan fingerprint density at radius 1 is 1.09 bits per heavy atom. The van der Waals surface area contributed by atoms with Crippen LogP contribution >= 0.6 is 0 Å². The van der Waals surface area contributed by atoms with Crippen LogP contribution < -0.4 is 14.4 Å². The lowest BCUT2D eigenvalue weighted by Gasteiger charge is -2.32. The molecule has 1 N–H and O–H groups in total. The van der Waals surface area contributed by atoms with Crippen LogP contribution in [-0.2, 0) is 4.79 Å². The quantitative estimate of drug-likeness (QED) is 0.922. The molecule has 0 spiro atoms. The number of nitrogens with zero attached hydrogens (tertiary/aromatic N) is 1. The van der Waals surface area contributed by atoms with Crippen molar-refractivity contribution in [3.63, 3.8) is 0 Å². The molecule has 0 saturated heterocycles.